The van der Waals surface area contributed by atoms with Crippen LogP contribution in [0.5, 0.6) is 0 Å². The maximum absolute atomic E-state index is 12.6. The summed E-state index contributed by atoms with van der Waals surface area (Å²) in [5, 5.41) is 3.56. The van der Waals surface area contributed by atoms with Gasteiger partial charge in [0, 0.05) is 22.0 Å². The Morgan fingerprint density at radius 1 is 1.29 bits per heavy atom. The standard InChI is InChI=1S/C14H23BrN2O2S2/c1-9-11(6-12(15)20-9)21(18,19)16-10-7-13(2,3)17-14(4,5)8-10/h6,10,16-17H,7-8H2,1-5H3. The second-order valence-electron chi connectivity index (χ2n) is 7.09. The highest BCUT2D eigenvalue weighted by atomic mass is 79.9. The Bertz CT molecular complexity index is 619. The van der Waals surface area contributed by atoms with Crippen molar-refractivity contribution in [3.63, 3.8) is 0 Å². The summed E-state index contributed by atoms with van der Waals surface area (Å²) >= 11 is 4.80. The van der Waals surface area contributed by atoms with Crippen molar-refractivity contribution in [1.29, 1.82) is 0 Å². The maximum Gasteiger partial charge on any atom is 0.241 e. The van der Waals surface area contributed by atoms with E-state index in [0.29, 0.717) is 4.90 Å². The molecule has 4 nitrogen and oxygen atoms in total. The third-order valence-corrected chi connectivity index (χ3v) is 6.97. The lowest BCUT2D eigenvalue weighted by atomic mass is 9.80. The molecule has 2 rings (SSSR count). The third-order valence-electron chi connectivity index (χ3n) is 3.64. The molecular formula is C14H23BrN2O2S2. The number of thiophene rings is 1. The number of nitrogens with one attached hydrogen (secondary N) is 2. The molecule has 0 aromatic carbocycles. The Hall–Kier alpha value is 0.0500. The Morgan fingerprint density at radius 2 is 1.81 bits per heavy atom. The highest BCUT2D eigenvalue weighted by molar-refractivity contribution is 9.11. The zero-order chi connectivity index (χ0) is 16.1. The van der Waals surface area contributed by atoms with E-state index in [9.17, 15) is 8.42 Å². The first kappa shape index (κ1) is 17.4. The minimum absolute atomic E-state index is 0.0562. The zero-order valence-corrected chi connectivity index (χ0v) is 16.3. The first-order valence-corrected chi connectivity index (χ1v) is 10.1. The van der Waals surface area contributed by atoms with Crippen LogP contribution in [0.15, 0.2) is 14.7 Å². The van der Waals surface area contributed by atoms with Gasteiger partial charge in [-0.25, -0.2) is 13.1 Å². The topological polar surface area (TPSA) is 58.2 Å². The van der Waals surface area contributed by atoms with Gasteiger partial charge in [-0.2, -0.15) is 0 Å². The van der Waals surface area contributed by atoms with Gasteiger partial charge >= 0.3 is 0 Å². The summed E-state index contributed by atoms with van der Waals surface area (Å²) in [5.41, 5.74) is -0.168. The van der Waals surface area contributed by atoms with E-state index in [2.05, 4.69) is 53.7 Å². The van der Waals surface area contributed by atoms with Gasteiger partial charge in [0.25, 0.3) is 0 Å². The molecule has 0 saturated carbocycles. The molecule has 0 radical (unpaired) electrons. The number of aryl methyl sites for hydroxylation is 1. The van der Waals surface area contributed by atoms with Crippen LogP contribution in [0.4, 0.5) is 0 Å². The van der Waals surface area contributed by atoms with Crippen molar-refractivity contribution in [1.82, 2.24) is 10.0 Å². The Kier molecular flexibility index (Phi) is 4.64. The molecule has 0 aliphatic carbocycles. The van der Waals surface area contributed by atoms with Crippen molar-refractivity contribution in [3.8, 4) is 0 Å². The molecule has 7 heteroatoms. The third kappa shape index (κ3) is 4.28. The summed E-state index contributed by atoms with van der Waals surface area (Å²) in [5.74, 6) is 0. The first-order chi connectivity index (χ1) is 9.40. The summed E-state index contributed by atoms with van der Waals surface area (Å²) in [4.78, 5) is 1.19. The molecular weight excluding hydrogens is 372 g/mol. The Morgan fingerprint density at radius 3 is 2.24 bits per heavy atom. The molecule has 0 atom stereocenters. The molecule has 1 fully saturated rings. The fourth-order valence-corrected chi connectivity index (χ4v) is 7.04. The van der Waals surface area contributed by atoms with Gasteiger partial charge in [-0.15, -0.1) is 11.3 Å². The van der Waals surface area contributed by atoms with Crippen molar-refractivity contribution in [2.24, 2.45) is 0 Å². The van der Waals surface area contributed by atoms with E-state index in [-0.39, 0.29) is 17.1 Å². The molecule has 0 spiro atoms. The summed E-state index contributed by atoms with van der Waals surface area (Å²) in [6.45, 7) is 10.3. The lowest BCUT2D eigenvalue weighted by Crippen LogP contribution is -2.62. The average Bonchev–Trinajstić information content (AvgIpc) is 2.52. The lowest BCUT2D eigenvalue weighted by molar-refractivity contribution is 0.157. The first-order valence-electron chi connectivity index (χ1n) is 6.98. The van der Waals surface area contributed by atoms with Crippen molar-refractivity contribution in [2.45, 2.75) is 69.5 Å². The van der Waals surface area contributed by atoms with Crippen LogP contribution in [0.25, 0.3) is 0 Å². The van der Waals surface area contributed by atoms with E-state index in [1.54, 1.807) is 6.07 Å². The van der Waals surface area contributed by atoms with Gasteiger partial charge in [0.05, 0.1) is 8.68 Å². The van der Waals surface area contributed by atoms with Crippen molar-refractivity contribution in [3.05, 3.63) is 14.7 Å². The minimum Gasteiger partial charge on any atom is -0.307 e. The Balaban J connectivity index is 2.22. The normalized spacial score (nSPS) is 22.4. The molecule has 21 heavy (non-hydrogen) atoms. The van der Waals surface area contributed by atoms with Gasteiger partial charge < -0.3 is 5.32 Å². The Labute approximate surface area is 139 Å². The molecule has 0 amide bonds. The van der Waals surface area contributed by atoms with Gasteiger partial charge in [-0.1, -0.05) is 0 Å². The van der Waals surface area contributed by atoms with Crippen LogP contribution < -0.4 is 10.0 Å². The second kappa shape index (κ2) is 5.60. The van der Waals surface area contributed by atoms with Gasteiger partial charge in [0.1, 0.15) is 0 Å². The molecule has 1 aromatic heterocycles. The van der Waals surface area contributed by atoms with Crippen LogP contribution in [-0.2, 0) is 10.0 Å². The molecule has 1 aliphatic heterocycles. The average molecular weight is 395 g/mol. The number of piperidine rings is 1. The van der Waals surface area contributed by atoms with E-state index in [1.807, 2.05) is 6.92 Å². The quantitative estimate of drug-likeness (QED) is 0.825. The highest BCUT2D eigenvalue weighted by Gasteiger charge is 2.39. The smallest absolute Gasteiger partial charge is 0.241 e. The summed E-state index contributed by atoms with van der Waals surface area (Å²) in [7, 11) is -3.47. The maximum atomic E-state index is 12.6. The molecule has 0 unspecified atom stereocenters. The van der Waals surface area contributed by atoms with E-state index in [0.717, 1.165) is 21.5 Å². The van der Waals surface area contributed by atoms with Crippen LogP contribution in [0, 0.1) is 6.92 Å². The number of hydrogen-bond acceptors (Lipinski definition) is 4. The molecule has 2 N–H and O–H groups in total. The second-order valence-corrected chi connectivity index (χ2v) is 11.4. The van der Waals surface area contributed by atoms with E-state index >= 15 is 0 Å². The van der Waals surface area contributed by atoms with E-state index in [1.165, 1.54) is 11.3 Å². The molecule has 1 saturated heterocycles. The molecule has 0 bridgehead atoms. The van der Waals surface area contributed by atoms with Gasteiger partial charge in [0.2, 0.25) is 10.0 Å². The van der Waals surface area contributed by atoms with Crippen LogP contribution in [-0.4, -0.2) is 25.5 Å². The molecule has 120 valence electrons. The molecule has 2 heterocycles. The van der Waals surface area contributed by atoms with Crippen molar-refractivity contribution < 1.29 is 8.42 Å². The number of sulfonamides is 1. The van der Waals surface area contributed by atoms with Crippen LogP contribution in [0.1, 0.15) is 45.4 Å². The number of hydrogen-bond donors (Lipinski definition) is 2. The van der Waals surface area contributed by atoms with Crippen molar-refractivity contribution >= 4 is 37.3 Å². The fourth-order valence-electron chi connectivity index (χ4n) is 3.39. The van der Waals surface area contributed by atoms with Gasteiger partial charge in [-0.3, -0.25) is 0 Å². The van der Waals surface area contributed by atoms with Crippen LogP contribution in [0.3, 0.4) is 0 Å². The van der Waals surface area contributed by atoms with E-state index < -0.39 is 10.0 Å². The van der Waals surface area contributed by atoms with Gasteiger partial charge in [0.15, 0.2) is 0 Å². The van der Waals surface area contributed by atoms with Crippen LogP contribution in [0.2, 0.25) is 0 Å². The minimum atomic E-state index is -3.47. The molecule has 1 aliphatic rings. The monoisotopic (exact) mass is 394 g/mol. The largest absolute Gasteiger partial charge is 0.307 e. The SMILES string of the molecule is Cc1sc(Br)cc1S(=O)(=O)NC1CC(C)(C)NC(C)(C)C1. The summed E-state index contributed by atoms with van der Waals surface area (Å²) in [6, 6.07) is 1.62. The summed E-state index contributed by atoms with van der Waals surface area (Å²) in [6.07, 6.45) is 1.56. The highest BCUT2D eigenvalue weighted by Crippen LogP contribution is 2.32. The summed E-state index contributed by atoms with van der Waals surface area (Å²) < 4.78 is 29.0. The zero-order valence-electron chi connectivity index (χ0n) is 13.1. The predicted molar refractivity (Wildman–Crippen MR) is 91.4 cm³/mol. The predicted octanol–water partition coefficient (Wildman–Crippen LogP) is 3.41. The van der Waals surface area contributed by atoms with Gasteiger partial charge in [-0.05, 0) is 69.5 Å². The lowest BCUT2D eigenvalue weighted by Gasteiger charge is -2.46. The van der Waals surface area contributed by atoms with E-state index in [4.69, 9.17) is 0 Å². The number of halogens is 1. The number of rotatable bonds is 3. The fraction of sp³-hybridized carbons (Fsp3) is 0.714. The molecule has 1 aromatic rings. The van der Waals surface area contributed by atoms with Crippen molar-refractivity contribution in [2.75, 3.05) is 0 Å². The van der Waals surface area contributed by atoms with Crippen LogP contribution >= 0.6 is 27.3 Å².